The van der Waals surface area contributed by atoms with E-state index in [1.165, 1.54) is 0 Å². The van der Waals surface area contributed by atoms with Crippen LogP contribution in [-0.2, 0) is 6.54 Å². The lowest BCUT2D eigenvalue weighted by molar-refractivity contribution is 0.0995. The van der Waals surface area contributed by atoms with Crippen molar-refractivity contribution in [2.45, 2.75) is 6.54 Å². The largest absolute Gasteiger partial charge is 0.497 e. The van der Waals surface area contributed by atoms with E-state index in [-0.39, 0.29) is 11.7 Å². The zero-order valence-corrected chi connectivity index (χ0v) is 17.8. The molecular formula is C24H17ClN4O3. The summed E-state index contributed by atoms with van der Waals surface area (Å²) in [5.41, 5.74) is 3.06. The second kappa shape index (κ2) is 8.28. The summed E-state index contributed by atoms with van der Waals surface area (Å²) < 4.78 is 12.7. The number of ether oxygens (including phenoxy) is 1. The Bertz CT molecular complexity index is 1410. The molecule has 0 bridgehead atoms. The lowest BCUT2D eigenvalue weighted by Crippen LogP contribution is -2.02. The molecule has 8 heteroatoms. The van der Waals surface area contributed by atoms with Crippen LogP contribution in [0.4, 0.5) is 0 Å². The third-order valence-electron chi connectivity index (χ3n) is 5.14. The zero-order chi connectivity index (χ0) is 22.1. The van der Waals surface area contributed by atoms with Crippen molar-refractivity contribution in [1.82, 2.24) is 19.7 Å². The third kappa shape index (κ3) is 3.74. The first-order chi connectivity index (χ1) is 15.6. The van der Waals surface area contributed by atoms with Crippen molar-refractivity contribution >= 4 is 28.3 Å². The van der Waals surface area contributed by atoms with Crippen LogP contribution in [0.1, 0.15) is 21.8 Å². The highest BCUT2D eigenvalue weighted by atomic mass is 35.5. The van der Waals surface area contributed by atoms with E-state index in [1.807, 2.05) is 47.0 Å². The van der Waals surface area contributed by atoms with Crippen molar-refractivity contribution in [1.29, 1.82) is 0 Å². The quantitative estimate of drug-likeness (QED) is 0.342. The minimum Gasteiger partial charge on any atom is -0.497 e. The normalized spacial score (nSPS) is 11.1. The predicted molar refractivity (Wildman–Crippen MR) is 120 cm³/mol. The molecule has 0 aliphatic heterocycles. The number of fused-ring (bicyclic) bond motifs is 1. The molecule has 5 rings (SSSR count). The standard InChI is InChI=1S/C24H17ClN4O3/c1-31-18-8-9-21-19(11-18)20(14-29(21)13-15-4-6-17(25)7-5-15)22(30)24-27-23(28-32-24)16-3-2-10-26-12-16/h2-12,14H,13H2,1H3. The number of ketones is 1. The molecule has 0 aliphatic carbocycles. The Hall–Kier alpha value is -3.97. The molecule has 0 saturated heterocycles. The second-order valence-electron chi connectivity index (χ2n) is 7.17. The Labute approximate surface area is 188 Å². The molecule has 0 aliphatic rings. The average Bonchev–Trinajstić information content (AvgIpc) is 3.46. The first-order valence-corrected chi connectivity index (χ1v) is 10.2. The number of halogens is 1. The predicted octanol–water partition coefficient (Wildman–Crippen LogP) is 5.03. The topological polar surface area (TPSA) is 83.0 Å². The van der Waals surface area contributed by atoms with Gasteiger partial charge in [-0.25, -0.2) is 0 Å². The van der Waals surface area contributed by atoms with E-state index in [0.717, 1.165) is 16.5 Å². The molecule has 0 spiro atoms. The summed E-state index contributed by atoms with van der Waals surface area (Å²) in [7, 11) is 1.59. The number of nitrogens with zero attached hydrogens (tertiary/aromatic N) is 4. The molecular weight excluding hydrogens is 428 g/mol. The van der Waals surface area contributed by atoms with E-state index in [9.17, 15) is 4.79 Å². The number of carbonyl (C=O) groups is 1. The number of rotatable bonds is 6. The minimum atomic E-state index is -0.360. The van der Waals surface area contributed by atoms with Crippen LogP contribution in [-0.4, -0.2) is 32.6 Å². The summed E-state index contributed by atoms with van der Waals surface area (Å²) in [5, 5.41) is 5.35. The van der Waals surface area contributed by atoms with Crippen molar-refractivity contribution in [2.75, 3.05) is 7.11 Å². The van der Waals surface area contributed by atoms with Gasteiger partial charge in [0.1, 0.15) is 5.75 Å². The van der Waals surface area contributed by atoms with Crippen molar-refractivity contribution in [3.8, 4) is 17.1 Å². The Balaban J connectivity index is 1.56. The number of methoxy groups -OCH3 is 1. The second-order valence-corrected chi connectivity index (χ2v) is 7.61. The maximum absolute atomic E-state index is 13.3. The maximum Gasteiger partial charge on any atom is 0.299 e. The van der Waals surface area contributed by atoms with Crippen molar-refractivity contribution in [3.05, 3.63) is 95.2 Å². The van der Waals surface area contributed by atoms with Gasteiger partial charge in [-0.1, -0.05) is 28.9 Å². The SMILES string of the molecule is COc1ccc2c(c1)c(C(=O)c1nc(-c3cccnc3)no1)cn2Cc1ccc(Cl)cc1. The van der Waals surface area contributed by atoms with E-state index in [4.69, 9.17) is 20.9 Å². The van der Waals surface area contributed by atoms with Gasteiger partial charge in [-0.2, -0.15) is 4.98 Å². The minimum absolute atomic E-state index is 0.0859. The molecule has 0 atom stereocenters. The van der Waals surface area contributed by atoms with Gasteiger partial charge in [0.2, 0.25) is 5.82 Å². The molecule has 7 nitrogen and oxygen atoms in total. The molecule has 0 radical (unpaired) electrons. The van der Waals surface area contributed by atoms with Gasteiger partial charge < -0.3 is 13.8 Å². The van der Waals surface area contributed by atoms with Crippen LogP contribution in [0.15, 0.2) is 77.7 Å². The Morgan fingerprint density at radius 1 is 1.16 bits per heavy atom. The number of hydrogen-bond donors (Lipinski definition) is 0. The Morgan fingerprint density at radius 2 is 2.00 bits per heavy atom. The molecule has 32 heavy (non-hydrogen) atoms. The highest BCUT2D eigenvalue weighted by Crippen LogP contribution is 2.29. The number of benzene rings is 2. The summed E-state index contributed by atoms with van der Waals surface area (Å²) in [6.45, 7) is 0.568. The van der Waals surface area contributed by atoms with Gasteiger partial charge >= 0.3 is 0 Å². The smallest absolute Gasteiger partial charge is 0.299 e. The van der Waals surface area contributed by atoms with Gasteiger partial charge in [0, 0.05) is 46.6 Å². The molecule has 3 heterocycles. The van der Waals surface area contributed by atoms with E-state index in [2.05, 4.69) is 15.1 Å². The molecule has 0 N–H and O–H groups in total. The molecule has 0 amide bonds. The van der Waals surface area contributed by atoms with Gasteiger partial charge in [-0.3, -0.25) is 9.78 Å². The fraction of sp³-hybridized carbons (Fsp3) is 0.0833. The molecule has 0 unspecified atom stereocenters. The van der Waals surface area contributed by atoms with Crippen LogP contribution in [0.25, 0.3) is 22.3 Å². The first kappa shape index (κ1) is 20.0. The summed E-state index contributed by atoms with van der Waals surface area (Å²) in [4.78, 5) is 21.7. The number of aromatic nitrogens is 4. The highest BCUT2D eigenvalue weighted by Gasteiger charge is 2.23. The van der Waals surface area contributed by atoms with Crippen LogP contribution >= 0.6 is 11.6 Å². The summed E-state index contributed by atoms with van der Waals surface area (Å²) in [6.07, 6.45) is 5.07. The number of carbonyl (C=O) groups excluding carboxylic acids is 1. The van der Waals surface area contributed by atoms with Crippen molar-refractivity contribution in [3.63, 3.8) is 0 Å². The molecule has 2 aromatic carbocycles. The Morgan fingerprint density at radius 3 is 2.75 bits per heavy atom. The highest BCUT2D eigenvalue weighted by molar-refractivity contribution is 6.30. The van der Waals surface area contributed by atoms with E-state index >= 15 is 0 Å². The average molecular weight is 445 g/mol. The van der Waals surface area contributed by atoms with Crippen molar-refractivity contribution in [2.24, 2.45) is 0 Å². The molecule has 158 valence electrons. The zero-order valence-electron chi connectivity index (χ0n) is 17.0. The number of hydrogen-bond acceptors (Lipinski definition) is 6. The molecule has 3 aromatic heterocycles. The van der Waals surface area contributed by atoms with Gasteiger partial charge in [-0.15, -0.1) is 0 Å². The Kier molecular flexibility index (Phi) is 5.17. The molecule has 0 saturated carbocycles. The van der Waals surface area contributed by atoms with Gasteiger partial charge in [0.05, 0.1) is 12.7 Å². The first-order valence-electron chi connectivity index (χ1n) is 9.82. The summed E-state index contributed by atoms with van der Waals surface area (Å²) in [6, 6.07) is 16.8. The number of pyridine rings is 1. The fourth-order valence-electron chi connectivity index (χ4n) is 3.54. The molecule has 0 fully saturated rings. The van der Waals surface area contributed by atoms with E-state index < -0.39 is 0 Å². The molecule has 5 aromatic rings. The van der Waals surface area contributed by atoms with Gasteiger partial charge in [-0.05, 0) is 48.0 Å². The maximum atomic E-state index is 13.3. The van der Waals surface area contributed by atoms with Gasteiger partial charge in [0.25, 0.3) is 11.7 Å². The van der Waals surface area contributed by atoms with Crippen LogP contribution < -0.4 is 4.74 Å². The van der Waals surface area contributed by atoms with Crippen LogP contribution in [0, 0.1) is 0 Å². The van der Waals surface area contributed by atoms with E-state index in [1.54, 1.807) is 37.8 Å². The summed E-state index contributed by atoms with van der Waals surface area (Å²) in [5.74, 6) is 0.513. The fourth-order valence-corrected chi connectivity index (χ4v) is 3.67. The monoisotopic (exact) mass is 444 g/mol. The lowest BCUT2D eigenvalue weighted by atomic mass is 10.1. The summed E-state index contributed by atoms with van der Waals surface area (Å²) >= 11 is 6.01. The van der Waals surface area contributed by atoms with Crippen LogP contribution in [0.2, 0.25) is 5.02 Å². The van der Waals surface area contributed by atoms with Crippen molar-refractivity contribution < 1.29 is 14.1 Å². The van der Waals surface area contributed by atoms with Gasteiger partial charge in [0.15, 0.2) is 0 Å². The van der Waals surface area contributed by atoms with E-state index in [0.29, 0.717) is 34.3 Å². The third-order valence-corrected chi connectivity index (χ3v) is 5.39. The van der Waals surface area contributed by atoms with Crippen LogP contribution in [0.5, 0.6) is 5.75 Å². The lowest BCUT2D eigenvalue weighted by Gasteiger charge is -2.06. The van der Waals surface area contributed by atoms with Crippen LogP contribution in [0.3, 0.4) is 0 Å².